The minimum atomic E-state index is -1.00. The van der Waals surface area contributed by atoms with Gasteiger partial charge in [0.2, 0.25) is 11.8 Å². The Hall–Kier alpha value is -5.89. The number of rotatable bonds is 8. The van der Waals surface area contributed by atoms with Crippen LogP contribution in [0, 0.1) is 18.8 Å². The van der Waals surface area contributed by atoms with Gasteiger partial charge in [-0.25, -0.2) is 4.79 Å². The number of aromatic nitrogens is 2. The standard InChI is InChI=1S/C41H45N5O6/c1-26-10-21-36(48)33(23-26)37-31(25-45(6)44-37)18-11-28-14-19-32(20-15-28)42-38(49)35-9-7-8-22-46(35)39(50)34(43-40(51)52-41(3,4)5)24-29-12-16-30(17-13-29)27(2)47/h10,12-17,19-21,23,25,34-35,48H,7-9,22,24H2,1-6H3,(H,42,49)(H,43,51)/t34-,35?/m0/s1. The second-order valence-electron chi connectivity index (χ2n) is 14.1. The number of carbonyl (C=O) groups excluding carboxylic acids is 4. The molecule has 2 heterocycles. The van der Waals surface area contributed by atoms with Gasteiger partial charge in [-0.2, -0.15) is 5.10 Å². The second kappa shape index (κ2) is 16.0. The van der Waals surface area contributed by atoms with Crippen LogP contribution < -0.4 is 10.6 Å². The molecule has 0 radical (unpaired) electrons. The lowest BCUT2D eigenvalue weighted by atomic mass is 9.97. The molecule has 0 bridgehead atoms. The highest BCUT2D eigenvalue weighted by Gasteiger charge is 2.37. The molecule has 270 valence electrons. The van der Waals surface area contributed by atoms with Crippen LogP contribution in [0.3, 0.4) is 0 Å². The zero-order valence-corrected chi connectivity index (χ0v) is 30.4. The number of ether oxygens (including phenoxy) is 1. The smallest absolute Gasteiger partial charge is 0.408 e. The first-order valence-electron chi connectivity index (χ1n) is 17.3. The Kier molecular flexibility index (Phi) is 11.5. The van der Waals surface area contributed by atoms with Crippen molar-refractivity contribution in [3.05, 3.63) is 101 Å². The molecule has 1 aliphatic rings. The summed E-state index contributed by atoms with van der Waals surface area (Å²) >= 11 is 0. The second-order valence-corrected chi connectivity index (χ2v) is 14.1. The number of nitrogens with zero attached hydrogens (tertiary/aromatic N) is 3. The lowest BCUT2D eigenvalue weighted by Gasteiger charge is -2.37. The number of benzene rings is 3. The van der Waals surface area contributed by atoms with Crippen LogP contribution in [-0.4, -0.2) is 67.7 Å². The number of aryl methyl sites for hydroxylation is 2. The van der Waals surface area contributed by atoms with E-state index in [0.29, 0.717) is 46.6 Å². The van der Waals surface area contributed by atoms with E-state index in [1.807, 2.05) is 19.1 Å². The number of anilines is 1. The van der Waals surface area contributed by atoms with Gasteiger partial charge >= 0.3 is 6.09 Å². The van der Waals surface area contributed by atoms with Crippen molar-refractivity contribution in [2.75, 3.05) is 11.9 Å². The molecule has 3 amide bonds. The lowest BCUT2D eigenvalue weighted by molar-refractivity contribution is -0.142. The SMILES string of the molecule is CC(=O)c1ccc(C[C@H](NC(=O)OC(C)(C)C)C(=O)N2CCCCC2C(=O)Nc2ccc(C#Cc3cn(C)nc3-c3cc(C)ccc3O)cc2)cc1. The number of hydrogen-bond donors (Lipinski definition) is 3. The third kappa shape index (κ3) is 9.66. The molecular formula is C41H45N5O6. The first-order chi connectivity index (χ1) is 24.7. The topological polar surface area (TPSA) is 143 Å². The molecule has 4 aromatic rings. The van der Waals surface area contributed by atoms with Gasteiger partial charge in [-0.1, -0.05) is 47.7 Å². The van der Waals surface area contributed by atoms with E-state index in [2.05, 4.69) is 27.6 Å². The van der Waals surface area contributed by atoms with Gasteiger partial charge in [-0.3, -0.25) is 19.1 Å². The van der Waals surface area contributed by atoms with Gasteiger partial charge in [0.05, 0.1) is 5.56 Å². The summed E-state index contributed by atoms with van der Waals surface area (Å²) in [6, 6.07) is 17.6. The fourth-order valence-corrected chi connectivity index (χ4v) is 6.05. The van der Waals surface area contributed by atoms with E-state index in [9.17, 15) is 24.3 Å². The molecule has 1 fully saturated rings. The van der Waals surface area contributed by atoms with E-state index in [4.69, 9.17) is 4.74 Å². The number of amides is 3. The van der Waals surface area contributed by atoms with Crippen molar-refractivity contribution >= 4 is 29.4 Å². The van der Waals surface area contributed by atoms with E-state index in [-0.39, 0.29) is 29.8 Å². The number of carbonyl (C=O) groups is 4. The molecule has 11 heteroatoms. The maximum Gasteiger partial charge on any atom is 0.408 e. The highest BCUT2D eigenvalue weighted by atomic mass is 16.6. The minimum Gasteiger partial charge on any atom is -0.507 e. The summed E-state index contributed by atoms with van der Waals surface area (Å²) in [4.78, 5) is 54.0. The Bertz CT molecular complexity index is 2020. The zero-order valence-electron chi connectivity index (χ0n) is 30.4. The maximum atomic E-state index is 14.1. The zero-order chi connectivity index (χ0) is 37.6. The van der Waals surface area contributed by atoms with E-state index in [1.54, 1.807) is 98.2 Å². The number of likely N-dealkylation sites (tertiary alicyclic amines) is 1. The molecule has 2 atom stereocenters. The van der Waals surface area contributed by atoms with Crippen LogP contribution in [0.5, 0.6) is 5.75 Å². The summed E-state index contributed by atoms with van der Waals surface area (Å²) in [6.07, 6.45) is 3.17. The molecule has 3 aromatic carbocycles. The van der Waals surface area contributed by atoms with Crippen molar-refractivity contribution < 1.29 is 29.0 Å². The predicted molar refractivity (Wildman–Crippen MR) is 199 cm³/mol. The first kappa shape index (κ1) is 37.4. The highest BCUT2D eigenvalue weighted by Crippen LogP contribution is 2.31. The number of nitrogens with one attached hydrogen (secondary N) is 2. The maximum absolute atomic E-state index is 14.1. The number of hydrogen-bond acceptors (Lipinski definition) is 7. The summed E-state index contributed by atoms with van der Waals surface area (Å²) < 4.78 is 7.12. The molecule has 1 saturated heterocycles. The summed E-state index contributed by atoms with van der Waals surface area (Å²) in [7, 11) is 1.80. The van der Waals surface area contributed by atoms with Gasteiger partial charge in [0.15, 0.2) is 5.78 Å². The van der Waals surface area contributed by atoms with Crippen molar-refractivity contribution in [3.8, 4) is 28.8 Å². The quantitative estimate of drug-likeness (QED) is 0.147. The molecule has 11 nitrogen and oxygen atoms in total. The van der Waals surface area contributed by atoms with Gasteiger partial charge in [0, 0.05) is 48.6 Å². The molecule has 0 saturated carbocycles. The van der Waals surface area contributed by atoms with Gasteiger partial charge in [0.1, 0.15) is 29.1 Å². The van der Waals surface area contributed by atoms with E-state index in [0.717, 1.165) is 24.0 Å². The van der Waals surface area contributed by atoms with Crippen LogP contribution in [0.4, 0.5) is 10.5 Å². The average Bonchev–Trinajstić information content (AvgIpc) is 3.47. The monoisotopic (exact) mass is 703 g/mol. The van der Waals surface area contributed by atoms with Gasteiger partial charge < -0.3 is 25.4 Å². The Morgan fingerprint density at radius 1 is 1.00 bits per heavy atom. The van der Waals surface area contributed by atoms with E-state index < -0.39 is 23.8 Å². The fraction of sp³-hybridized carbons (Fsp3) is 0.341. The largest absolute Gasteiger partial charge is 0.507 e. The van der Waals surface area contributed by atoms with E-state index >= 15 is 0 Å². The van der Waals surface area contributed by atoms with Gasteiger partial charge in [0.25, 0.3) is 0 Å². The summed E-state index contributed by atoms with van der Waals surface area (Å²) in [5.74, 6) is 5.64. The first-order valence-corrected chi connectivity index (χ1v) is 17.3. The van der Waals surface area contributed by atoms with Crippen LogP contribution in [0.25, 0.3) is 11.3 Å². The number of aromatic hydroxyl groups is 1. The molecular weight excluding hydrogens is 658 g/mol. The number of Topliss-reactive ketones (excluding diaryl/α,β-unsaturated/α-hetero) is 1. The van der Waals surface area contributed by atoms with Crippen molar-refractivity contribution in [1.82, 2.24) is 20.0 Å². The molecule has 5 rings (SSSR count). The van der Waals surface area contributed by atoms with Crippen LogP contribution in [-0.2, 0) is 27.8 Å². The van der Waals surface area contributed by atoms with Crippen molar-refractivity contribution in [1.29, 1.82) is 0 Å². The van der Waals surface area contributed by atoms with Crippen LogP contribution >= 0.6 is 0 Å². The number of ketones is 1. The minimum absolute atomic E-state index is 0.0742. The molecule has 3 N–H and O–H groups in total. The van der Waals surface area contributed by atoms with Crippen LogP contribution in [0.15, 0.2) is 72.9 Å². The summed E-state index contributed by atoms with van der Waals surface area (Å²) in [5.41, 5.74) is 4.62. The molecule has 1 unspecified atom stereocenters. The van der Waals surface area contributed by atoms with Crippen LogP contribution in [0.2, 0.25) is 0 Å². The Morgan fingerprint density at radius 2 is 1.71 bits per heavy atom. The Labute approximate surface area is 304 Å². The van der Waals surface area contributed by atoms with Crippen molar-refractivity contribution in [3.63, 3.8) is 0 Å². The Morgan fingerprint density at radius 3 is 2.38 bits per heavy atom. The number of piperidine rings is 1. The van der Waals surface area contributed by atoms with Gasteiger partial charge in [-0.05, 0) is 95.8 Å². The van der Waals surface area contributed by atoms with E-state index in [1.165, 1.54) is 6.92 Å². The summed E-state index contributed by atoms with van der Waals surface area (Å²) in [5, 5.41) is 20.6. The number of phenolic OH excluding ortho intramolecular Hbond substituents is 1. The van der Waals surface area contributed by atoms with Crippen molar-refractivity contribution in [2.45, 2.75) is 78.0 Å². The Balaban J connectivity index is 1.30. The number of phenols is 1. The molecule has 0 spiro atoms. The highest BCUT2D eigenvalue weighted by molar-refractivity contribution is 5.98. The molecule has 0 aliphatic carbocycles. The number of alkyl carbamates (subject to hydrolysis) is 1. The third-order valence-corrected chi connectivity index (χ3v) is 8.61. The molecule has 52 heavy (non-hydrogen) atoms. The molecule has 1 aliphatic heterocycles. The van der Waals surface area contributed by atoms with Gasteiger partial charge in [-0.15, -0.1) is 0 Å². The average molecular weight is 704 g/mol. The third-order valence-electron chi connectivity index (χ3n) is 8.61. The van der Waals surface area contributed by atoms with Crippen molar-refractivity contribution in [2.24, 2.45) is 7.05 Å². The lowest BCUT2D eigenvalue weighted by Crippen LogP contribution is -2.57. The van der Waals surface area contributed by atoms with Crippen LogP contribution in [0.1, 0.15) is 79.6 Å². The summed E-state index contributed by atoms with van der Waals surface area (Å²) in [6.45, 7) is 9.00. The fourth-order valence-electron chi connectivity index (χ4n) is 6.05. The normalized spacial score (nSPS) is 14.8. The molecule has 1 aromatic heterocycles. The predicted octanol–water partition coefficient (Wildman–Crippen LogP) is 6.16.